The van der Waals surface area contributed by atoms with Crippen LogP contribution in [0.2, 0.25) is 0 Å². The van der Waals surface area contributed by atoms with Gasteiger partial charge in [0, 0.05) is 0 Å². The third-order valence-corrected chi connectivity index (χ3v) is 4.53. The van der Waals surface area contributed by atoms with Crippen molar-refractivity contribution in [1.29, 1.82) is 5.26 Å². The van der Waals surface area contributed by atoms with Crippen molar-refractivity contribution in [2.75, 3.05) is 5.75 Å². The van der Waals surface area contributed by atoms with Crippen molar-refractivity contribution in [3.05, 3.63) is 24.2 Å². The van der Waals surface area contributed by atoms with Crippen LogP contribution >= 0.6 is 11.8 Å². The minimum Gasteiger partial charge on any atom is -0.468 e. The van der Waals surface area contributed by atoms with Crippen LogP contribution in [-0.4, -0.2) is 11.3 Å². The Morgan fingerprint density at radius 1 is 1.65 bits per heavy atom. The highest BCUT2D eigenvalue weighted by atomic mass is 32.2. The van der Waals surface area contributed by atoms with Crippen LogP contribution in [0.4, 0.5) is 0 Å². The summed E-state index contributed by atoms with van der Waals surface area (Å²) in [4.78, 5) is 0. The number of furan rings is 1. The number of thioether (sulfide) groups is 1. The lowest BCUT2D eigenvalue weighted by atomic mass is 9.88. The van der Waals surface area contributed by atoms with E-state index in [0.717, 1.165) is 42.9 Å². The maximum Gasteiger partial charge on any atom is 0.113 e. The summed E-state index contributed by atoms with van der Waals surface area (Å²) in [6.07, 6.45) is 5.79. The summed E-state index contributed by atoms with van der Waals surface area (Å²) in [5.74, 6) is 3.34. The minimum absolute atomic E-state index is 0.372. The standard InChI is InChI=1S/C13H18N2OS/c14-10-13(15)6-1-3-11(13)5-8-17-9-12-4-2-7-16-12/h2,4,7,11H,1,3,5-6,8-9,15H2. The highest BCUT2D eigenvalue weighted by molar-refractivity contribution is 7.98. The zero-order valence-corrected chi connectivity index (χ0v) is 10.7. The maximum atomic E-state index is 9.11. The van der Waals surface area contributed by atoms with Crippen molar-refractivity contribution in [3.8, 4) is 6.07 Å². The second-order valence-electron chi connectivity index (χ2n) is 4.66. The lowest BCUT2D eigenvalue weighted by Gasteiger charge is -2.23. The average molecular weight is 250 g/mol. The van der Waals surface area contributed by atoms with Gasteiger partial charge in [-0.1, -0.05) is 6.42 Å². The third kappa shape index (κ3) is 3.05. The van der Waals surface area contributed by atoms with Crippen LogP contribution < -0.4 is 5.73 Å². The van der Waals surface area contributed by atoms with E-state index >= 15 is 0 Å². The van der Waals surface area contributed by atoms with Gasteiger partial charge in [-0.25, -0.2) is 0 Å². The zero-order valence-electron chi connectivity index (χ0n) is 9.89. The molecule has 2 unspecified atom stereocenters. The van der Waals surface area contributed by atoms with E-state index in [1.165, 1.54) is 0 Å². The van der Waals surface area contributed by atoms with Crippen LogP contribution in [-0.2, 0) is 5.75 Å². The Morgan fingerprint density at radius 3 is 3.24 bits per heavy atom. The number of nitriles is 1. The van der Waals surface area contributed by atoms with E-state index in [4.69, 9.17) is 15.4 Å². The van der Waals surface area contributed by atoms with Gasteiger partial charge < -0.3 is 10.2 Å². The highest BCUT2D eigenvalue weighted by Crippen LogP contribution is 2.36. The van der Waals surface area contributed by atoms with Crippen molar-refractivity contribution in [2.24, 2.45) is 11.7 Å². The molecule has 2 rings (SSSR count). The van der Waals surface area contributed by atoms with E-state index in [9.17, 15) is 0 Å². The molecule has 0 bridgehead atoms. The average Bonchev–Trinajstić information content (AvgIpc) is 2.95. The molecule has 1 saturated carbocycles. The second-order valence-corrected chi connectivity index (χ2v) is 5.77. The Hall–Kier alpha value is -0.920. The molecule has 0 spiro atoms. The van der Waals surface area contributed by atoms with Crippen molar-refractivity contribution >= 4 is 11.8 Å². The summed E-state index contributed by atoms with van der Waals surface area (Å²) in [5, 5.41) is 9.11. The fraction of sp³-hybridized carbons (Fsp3) is 0.615. The first-order chi connectivity index (χ1) is 8.24. The SMILES string of the molecule is N#CC1(N)CCCC1CCSCc1ccco1. The second kappa shape index (κ2) is 5.61. The van der Waals surface area contributed by atoms with E-state index < -0.39 is 5.54 Å². The molecule has 1 aliphatic carbocycles. The number of nitrogens with zero attached hydrogens (tertiary/aromatic N) is 1. The molecule has 1 aromatic rings. The number of nitrogens with two attached hydrogens (primary N) is 1. The molecule has 1 fully saturated rings. The smallest absolute Gasteiger partial charge is 0.113 e. The first-order valence-electron chi connectivity index (χ1n) is 6.05. The quantitative estimate of drug-likeness (QED) is 0.816. The fourth-order valence-electron chi connectivity index (χ4n) is 2.44. The van der Waals surface area contributed by atoms with Crippen molar-refractivity contribution < 1.29 is 4.42 Å². The summed E-state index contributed by atoms with van der Waals surface area (Å²) in [6.45, 7) is 0. The first kappa shape index (κ1) is 12.5. The Labute approximate surface area is 106 Å². The molecule has 1 aliphatic rings. The van der Waals surface area contributed by atoms with Gasteiger partial charge in [0.2, 0.25) is 0 Å². The molecule has 0 aromatic carbocycles. The number of hydrogen-bond donors (Lipinski definition) is 1. The van der Waals surface area contributed by atoms with E-state index in [0.29, 0.717) is 5.92 Å². The van der Waals surface area contributed by atoms with Gasteiger partial charge in [0.25, 0.3) is 0 Å². The molecule has 17 heavy (non-hydrogen) atoms. The Balaban J connectivity index is 1.70. The first-order valence-corrected chi connectivity index (χ1v) is 7.20. The molecule has 92 valence electrons. The van der Waals surface area contributed by atoms with Gasteiger partial charge in [0.15, 0.2) is 0 Å². The topological polar surface area (TPSA) is 63.0 Å². The Kier molecular flexibility index (Phi) is 4.14. The summed E-state index contributed by atoms with van der Waals surface area (Å²) in [7, 11) is 0. The highest BCUT2D eigenvalue weighted by Gasteiger charge is 2.39. The van der Waals surface area contributed by atoms with Crippen LogP contribution in [0, 0.1) is 17.2 Å². The molecule has 0 radical (unpaired) electrons. The summed E-state index contributed by atoms with van der Waals surface area (Å²) in [5.41, 5.74) is 5.53. The van der Waals surface area contributed by atoms with Gasteiger partial charge in [-0.2, -0.15) is 17.0 Å². The van der Waals surface area contributed by atoms with Crippen LogP contribution in [0.25, 0.3) is 0 Å². The molecule has 2 atom stereocenters. The molecule has 4 heteroatoms. The number of hydrogen-bond acceptors (Lipinski definition) is 4. The molecule has 1 aromatic heterocycles. The van der Waals surface area contributed by atoms with E-state index in [1.807, 2.05) is 23.9 Å². The van der Waals surface area contributed by atoms with Gasteiger partial charge in [-0.15, -0.1) is 0 Å². The van der Waals surface area contributed by atoms with Crippen molar-refractivity contribution in [1.82, 2.24) is 0 Å². The predicted molar refractivity (Wildman–Crippen MR) is 69.4 cm³/mol. The van der Waals surface area contributed by atoms with E-state index in [-0.39, 0.29) is 0 Å². The van der Waals surface area contributed by atoms with Gasteiger partial charge in [-0.3, -0.25) is 0 Å². The third-order valence-electron chi connectivity index (χ3n) is 3.51. The molecule has 0 saturated heterocycles. The molecule has 0 amide bonds. The summed E-state index contributed by atoms with van der Waals surface area (Å²) < 4.78 is 5.27. The normalized spacial score (nSPS) is 28.1. The molecule has 0 aliphatic heterocycles. The van der Waals surface area contributed by atoms with Crippen LogP contribution in [0.3, 0.4) is 0 Å². The molecular formula is C13H18N2OS. The lowest BCUT2D eigenvalue weighted by Crippen LogP contribution is -2.41. The van der Waals surface area contributed by atoms with Gasteiger partial charge in [0.1, 0.15) is 11.3 Å². The summed E-state index contributed by atoms with van der Waals surface area (Å²) >= 11 is 1.85. The van der Waals surface area contributed by atoms with Gasteiger partial charge in [-0.05, 0) is 43.1 Å². The largest absolute Gasteiger partial charge is 0.468 e. The lowest BCUT2D eigenvalue weighted by molar-refractivity contribution is 0.389. The van der Waals surface area contributed by atoms with Gasteiger partial charge >= 0.3 is 0 Å². The van der Waals surface area contributed by atoms with Crippen LogP contribution in [0.5, 0.6) is 0 Å². The van der Waals surface area contributed by atoms with E-state index in [1.54, 1.807) is 6.26 Å². The Bertz CT molecular complexity index is 385. The fourth-order valence-corrected chi connectivity index (χ4v) is 3.41. The van der Waals surface area contributed by atoms with Gasteiger partial charge in [0.05, 0.1) is 18.1 Å². The molecule has 1 heterocycles. The van der Waals surface area contributed by atoms with Crippen molar-refractivity contribution in [2.45, 2.75) is 37.0 Å². The monoisotopic (exact) mass is 250 g/mol. The minimum atomic E-state index is -0.564. The maximum absolute atomic E-state index is 9.11. The molecule has 2 N–H and O–H groups in total. The van der Waals surface area contributed by atoms with Crippen LogP contribution in [0.1, 0.15) is 31.4 Å². The van der Waals surface area contributed by atoms with E-state index in [2.05, 4.69) is 6.07 Å². The summed E-state index contributed by atoms with van der Waals surface area (Å²) in [6, 6.07) is 6.20. The molecular weight excluding hydrogens is 232 g/mol. The Morgan fingerprint density at radius 2 is 2.53 bits per heavy atom. The van der Waals surface area contributed by atoms with Crippen LogP contribution in [0.15, 0.2) is 22.8 Å². The predicted octanol–water partition coefficient (Wildman–Crippen LogP) is 2.92. The zero-order chi connectivity index (χ0) is 12.1. The molecule has 3 nitrogen and oxygen atoms in total. The van der Waals surface area contributed by atoms with Crippen molar-refractivity contribution in [3.63, 3.8) is 0 Å². The number of rotatable bonds is 5.